The van der Waals surface area contributed by atoms with Gasteiger partial charge in [0, 0.05) is 16.8 Å². The number of hydrogen-bond acceptors (Lipinski definition) is 5. The molecule has 7 heteroatoms. The first kappa shape index (κ1) is 23.4. The van der Waals surface area contributed by atoms with Crippen molar-refractivity contribution in [1.82, 2.24) is 10.3 Å². The monoisotopic (exact) mass is 473 g/mol. The summed E-state index contributed by atoms with van der Waals surface area (Å²) in [5.41, 5.74) is 5.70. The molecule has 0 spiro atoms. The first-order valence-corrected chi connectivity index (χ1v) is 11.5. The standard InChI is InChI=1S/C27H27N3O3S/c1-16(2)15-32-21-10-8-19(9-11-21)25(31)30-27(34)29-23-14-20(7-6-18(23)4)26-28-22-12-5-17(3)13-24(22)33-26/h5-14,16H,15H2,1-4H3,(H2,29,30,31,34). The number of aryl methyl sites for hydroxylation is 2. The SMILES string of the molecule is Cc1ccc2nc(-c3ccc(C)c(NC(=S)NC(=O)c4ccc(OCC(C)C)cc4)c3)oc2c1. The second-order valence-corrected chi connectivity index (χ2v) is 9.07. The molecule has 4 aromatic rings. The number of ether oxygens (including phenoxy) is 1. The summed E-state index contributed by atoms with van der Waals surface area (Å²) >= 11 is 5.39. The molecule has 0 radical (unpaired) electrons. The third kappa shape index (κ3) is 5.61. The minimum Gasteiger partial charge on any atom is -0.493 e. The van der Waals surface area contributed by atoms with E-state index in [0.717, 1.165) is 39.2 Å². The number of hydrogen-bond donors (Lipinski definition) is 2. The van der Waals surface area contributed by atoms with Gasteiger partial charge in [-0.1, -0.05) is 26.0 Å². The number of nitrogens with zero attached hydrogens (tertiary/aromatic N) is 1. The van der Waals surface area contributed by atoms with Gasteiger partial charge in [0.1, 0.15) is 11.3 Å². The maximum atomic E-state index is 12.6. The van der Waals surface area contributed by atoms with Crippen molar-refractivity contribution in [1.29, 1.82) is 0 Å². The maximum Gasteiger partial charge on any atom is 0.257 e. The molecule has 6 nitrogen and oxygen atoms in total. The molecule has 34 heavy (non-hydrogen) atoms. The highest BCUT2D eigenvalue weighted by molar-refractivity contribution is 7.80. The molecule has 174 valence electrons. The van der Waals surface area contributed by atoms with E-state index in [1.54, 1.807) is 24.3 Å². The van der Waals surface area contributed by atoms with Crippen molar-refractivity contribution in [2.75, 3.05) is 11.9 Å². The van der Waals surface area contributed by atoms with Gasteiger partial charge in [-0.25, -0.2) is 4.98 Å². The fourth-order valence-electron chi connectivity index (χ4n) is 3.34. The van der Waals surface area contributed by atoms with Gasteiger partial charge in [0.15, 0.2) is 10.7 Å². The maximum absolute atomic E-state index is 12.6. The van der Waals surface area contributed by atoms with E-state index in [9.17, 15) is 4.79 Å². The molecule has 0 aliphatic carbocycles. The Bertz CT molecular complexity index is 1340. The summed E-state index contributed by atoms with van der Waals surface area (Å²) in [7, 11) is 0. The quantitative estimate of drug-likeness (QED) is 0.321. The van der Waals surface area contributed by atoms with E-state index in [0.29, 0.717) is 24.0 Å². The molecule has 0 saturated carbocycles. The topological polar surface area (TPSA) is 76.4 Å². The van der Waals surface area contributed by atoms with Crippen LogP contribution in [-0.4, -0.2) is 22.6 Å². The van der Waals surface area contributed by atoms with Crippen molar-refractivity contribution in [2.24, 2.45) is 5.92 Å². The predicted molar refractivity (Wildman–Crippen MR) is 139 cm³/mol. The normalized spacial score (nSPS) is 11.0. The van der Waals surface area contributed by atoms with Crippen molar-refractivity contribution in [2.45, 2.75) is 27.7 Å². The summed E-state index contributed by atoms with van der Waals surface area (Å²) in [5.74, 6) is 1.39. The van der Waals surface area contributed by atoms with E-state index < -0.39 is 0 Å². The molecule has 0 saturated heterocycles. The summed E-state index contributed by atoms with van der Waals surface area (Å²) in [5, 5.41) is 6.05. The fraction of sp³-hybridized carbons (Fsp3) is 0.222. The number of fused-ring (bicyclic) bond motifs is 1. The fourth-order valence-corrected chi connectivity index (χ4v) is 3.54. The van der Waals surface area contributed by atoms with Crippen molar-refractivity contribution >= 4 is 40.0 Å². The summed E-state index contributed by atoms with van der Waals surface area (Å²) in [6.07, 6.45) is 0. The number of rotatable bonds is 6. The smallest absolute Gasteiger partial charge is 0.257 e. The van der Waals surface area contributed by atoms with E-state index in [4.69, 9.17) is 21.4 Å². The van der Waals surface area contributed by atoms with Crippen LogP contribution in [0.3, 0.4) is 0 Å². The molecular formula is C27H27N3O3S. The van der Waals surface area contributed by atoms with Gasteiger partial charge in [-0.2, -0.15) is 0 Å². The summed E-state index contributed by atoms with van der Waals surface area (Å²) < 4.78 is 11.6. The third-order valence-electron chi connectivity index (χ3n) is 5.20. The largest absolute Gasteiger partial charge is 0.493 e. The lowest BCUT2D eigenvalue weighted by Gasteiger charge is -2.13. The Kier molecular flexibility index (Phi) is 6.93. The van der Waals surface area contributed by atoms with Crippen molar-refractivity contribution < 1.29 is 13.9 Å². The molecule has 1 aromatic heterocycles. The molecular weight excluding hydrogens is 446 g/mol. The molecule has 4 rings (SSSR count). The highest BCUT2D eigenvalue weighted by Gasteiger charge is 2.13. The number of amides is 1. The van der Waals surface area contributed by atoms with Gasteiger partial charge in [0.25, 0.3) is 5.91 Å². The summed E-state index contributed by atoms with van der Waals surface area (Å²) in [6.45, 7) is 8.77. The van der Waals surface area contributed by atoms with E-state index >= 15 is 0 Å². The van der Waals surface area contributed by atoms with Gasteiger partial charge >= 0.3 is 0 Å². The van der Waals surface area contributed by atoms with E-state index in [1.165, 1.54) is 0 Å². The number of aromatic nitrogens is 1. The van der Waals surface area contributed by atoms with Crippen LogP contribution in [0.1, 0.15) is 35.3 Å². The zero-order valence-electron chi connectivity index (χ0n) is 19.6. The third-order valence-corrected chi connectivity index (χ3v) is 5.41. The van der Waals surface area contributed by atoms with Gasteiger partial charge < -0.3 is 14.5 Å². The number of oxazole rings is 1. The minimum atomic E-state index is -0.295. The van der Waals surface area contributed by atoms with Crippen molar-refractivity contribution in [3.63, 3.8) is 0 Å². The van der Waals surface area contributed by atoms with Gasteiger partial charge in [0.2, 0.25) is 5.89 Å². The van der Waals surface area contributed by atoms with Crippen LogP contribution in [0.5, 0.6) is 5.75 Å². The zero-order chi connectivity index (χ0) is 24.2. The molecule has 2 N–H and O–H groups in total. The molecule has 0 bridgehead atoms. The van der Waals surface area contributed by atoms with Crippen LogP contribution in [0.2, 0.25) is 0 Å². The second-order valence-electron chi connectivity index (χ2n) is 8.66. The van der Waals surface area contributed by atoms with Crippen LogP contribution in [0.4, 0.5) is 5.69 Å². The first-order valence-electron chi connectivity index (χ1n) is 11.1. The number of thiocarbonyl (C=S) groups is 1. The van der Waals surface area contributed by atoms with Crippen LogP contribution in [-0.2, 0) is 0 Å². The van der Waals surface area contributed by atoms with E-state index in [1.807, 2.05) is 50.2 Å². The number of carbonyl (C=O) groups is 1. The Hall–Kier alpha value is -3.71. The highest BCUT2D eigenvalue weighted by Crippen LogP contribution is 2.28. The van der Waals surface area contributed by atoms with Crippen LogP contribution in [0.15, 0.2) is 65.1 Å². The van der Waals surface area contributed by atoms with Gasteiger partial charge in [-0.3, -0.25) is 10.1 Å². The minimum absolute atomic E-state index is 0.207. The average molecular weight is 474 g/mol. The lowest BCUT2D eigenvalue weighted by Crippen LogP contribution is -2.34. The molecule has 0 atom stereocenters. The Morgan fingerprint density at radius 2 is 1.82 bits per heavy atom. The second kappa shape index (κ2) is 10.1. The molecule has 0 aliphatic rings. The number of carbonyl (C=O) groups excluding carboxylic acids is 1. The lowest BCUT2D eigenvalue weighted by atomic mass is 10.1. The van der Waals surface area contributed by atoms with E-state index in [2.05, 4.69) is 29.5 Å². The van der Waals surface area contributed by atoms with Crippen LogP contribution in [0.25, 0.3) is 22.6 Å². The Labute approximate surface area is 204 Å². The van der Waals surface area contributed by atoms with Crippen molar-refractivity contribution in [3.05, 3.63) is 77.4 Å². The van der Waals surface area contributed by atoms with Crippen LogP contribution >= 0.6 is 12.2 Å². The molecule has 1 heterocycles. The van der Waals surface area contributed by atoms with Crippen LogP contribution in [0, 0.1) is 19.8 Å². The predicted octanol–water partition coefficient (Wildman–Crippen LogP) is 6.27. The first-order chi connectivity index (χ1) is 16.3. The Balaban J connectivity index is 1.43. The van der Waals surface area contributed by atoms with Crippen molar-refractivity contribution in [3.8, 4) is 17.2 Å². The van der Waals surface area contributed by atoms with E-state index in [-0.39, 0.29) is 11.0 Å². The Morgan fingerprint density at radius 3 is 2.56 bits per heavy atom. The van der Waals surface area contributed by atoms with Gasteiger partial charge in [-0.05, 0) is 91.6 Å². The average Bonchev–Trinajstić information content (AvgIpc) is 3.22. The molecule has 1 amide bonds. The molecule has 0 fully saturated rings. The number of benzene rings is 3. The molecule has 3 aromatic carbocycles. The van der Waals surface area contributed by atoms with Gasteiger partial charge in [0.05, 0.1) is 6.61 Å². The number of nitrogens with one attached hydrogen (secondary N) is 2. The van der Waals surface area contributed by atoms with Gasteiger partial charge in [-0.15, -0.1) is 0 Å². The summed E-state index contributed by atoms with van der Waals surface area (Å²) in [6, 6.07) is 18.7. The Morgan fingerprint density at radius 1 is 1.06 bits per heavy atom. The lowest BCUT2D eigenvalue weighted by molar-refractivity contribution is 0.0977. The van der Waals surface area contributed by atoms with Crippen LogP contribution < -0.4 is 15.4 Å². The zero-order valence-corrected chi connectivity index (χ0v) is 20.5. The highest BCUT2D eigenvalue weighted by atomic mass is 32.1. The molecule has 0 aliphatic heterocycles. The number of anilines is 1. The molecule has 0 unspecified atom stereocenters. The summed E-state index contributed by atoms with van der Waals surface area (Å²) in [4.78, 5) is 17.2.